The molecule has 5 heteroatoms. The van der Waals surface area contributed by atoms with Crippen LogP contribution < -0.4 is 4.90 Å². The minimum atomic E-state index is -0.301. The van der Waals surface area contributed by atoms with E-state index in [4.69, 9.17) is 9.97 Å². The maximum Gasteiger partial charge on any atom is 0.161 e. The number of nitrogens with zero attached hydrogens (tertiary/aromatic N) is 4. The second-order valence-electron chi connectivity index (χ2n) is 9.72. The zero-order valence-electron chi connectivity index (χ0n) is 21.4. The number of benzene rings is 2. The molecule has 1 saturated heterocycles. The predicted molar refractivity (Wildman–Crippen MR) is 145 cm³/mol. The number of aliphatic hydroxyl groups excluding tert-OH is 1. The summed E-state index contributed by atoms with van der Waals surface area (Å²) in [4.78, 5) is 14.9. The number of anilines is 1. The van der Waals surface area contributed by atoms with Gasteiger partial charge in [0.25, 0.3) is 0 Å². The van der Waals surface area contributed by atoms with E-state index in [2.05, 4.69) is 67.5 Å². The second-order valence-corrected chi connectivity index (χ2v) is 9.72. The highest BCUT2D eigenvalue weighted by atomic mass is 16.3. The number of β-amino-alcohol motifs (C(OH)–C–C–N with tert-alkyl or cyclic N) is 1. The fraction of sp³-hybridized carbons (Fsp3) is 0.400. The van der Waals surface area contributed by atoms with Crippen molar-refractivity contribution in [2.75, 3.05) is 37.6 Å². The lowest BCUT2D eigenvalue weighted by molar-refractivity contribution is 0.103. The first-order valence-electron chi connectivity index (χ1n) is 12.7. The van der Waals surface area contributed by atoms with Gasteiger partial charge in [-0.2, -0.15) is 0 Å². The van der Waals surface area contributed by atoms with Crippen molar-refractivity contribution in [2.24, 2.45) is 0 Å². The summed E-state index contributed by atoms with van der Waals surface area (Å²) in [6.45, 7) is 14.5. The van der Waals surface area contributed by atoms with Crippen molar-refractivity contribution in [2.45, 2.75) is 46.1 Å². The van der Waals surface area contributed by atoms with E-state index < -0.39 is 0 Å². The minimum Gasteiger partial charge on any atom is -0.392 e. The second kappa shape index (κ2) is 11.6. The van der Waals surface area contributed by atoms with Crippen LogP contribution in [-0.2, 0) is 6.42 Å². The Hall–Kier alpha value is -3.02. The van der Waals surface area contributed by atoms with Crippen molar-refractivity contribution in [3.05, 3.63) is 89.1 Å². The molecule has 1 aliphatic rings. The number of allylic oxidation sites excluding steroid dienone is 1. The lowest BCUT2D eigenvalue weighted by atomic mass is 9.97. The van der Waals surface area contributed by atoms with E-state index in [1.165, 1.54) is 22.3 Å². The van der Waals surface area contributed by atoms with E-state index in [0.717, 1.165) is 74.9 Å². The Morgan fingerprint density at radius 3 is 2.46 bits per heavy atom. The fourth-order valence-corrected chi connectivity index (χ4v) is 4.79. The zero-order chi connectivity index (χ0) is 24.8. The van der Waals surface area contributed by atoms with Crippen LogP contribution in [0.15, 0.2) is 61.2 Å². The standard InChI is InChI=1S/C30H38N4O/c1-5-6-12-27(35)21-33-15-17-34(18-16-33)30-28(20-26-19-22(2)13-14-23(26)3)24(4)31-29(32-30)25-10-8-7-9-11-25/h5,7-11,13-14,19,27,35H,1,6,12,15-18,20-21H2,2-4H3. The third-order valence-corrected chi connectivity index (χ3v) is 6.94. The molecule has 0 aliphatic carbocycles. The van der Waals surface area contributed by atoms with Crippen molar-refractivity contribution in [3.63, 3.8) is 0 Å². The van der Waals surface area contributed by atoms with Crippen LogP contribution in [0.5, 0.6) is 0 Å². The SMILES string of the molecule is C=CCCC(O)CN1CCN(c2nc(-c3ccccc3)nc(C)c2Cc2cc(C)ccc2C)CC1. The van der Waals surface area contributed by atoms with Crippen molar-refractivity contribution in [1.82, 2.24) is 14.9 Å². The lowest BCUT2D eigenvalue weighted by Gasteiger charge is -2.37. The molecule has 1 atom stereocenters. The molecule has 1 aromatic heterocycles. The Kier molecular flexibility index (Phi) is 8.32. The van der Waals surface area contributed by atoms with Crippen LogP contribution in [0, 0.1) is 20.8 Å². The van der Waals surface area contributed by atoms with E-state index in [0.29, 0.717) is 0 Å². The topological polar surface area (TPSA) is 52.5 Å². The quantitative estimate of drug-likeness (QED) is 0.441. The van der Waals surface area contributed by atoms with Gasteiger partial charge >= 0.3 is 0 Å². The van der Waals surface area contributed by atoms with Gasteiger partial charge in [-0.05, 0) is 44.7 Å². The number of aromatic nitrogens is 2. The molecule has 0 radical (unpaired) electrons. The summed E-state index contributed by atoms with van der Waals surface area (Å²) in [5, 5.41) is 10.3. The van der Waals surface area contributed by atoms with Crippen LogP contribution in [0.4, 0.5) is 5.82 Å². The molecule has 1 aliphatic heterocycles. The first kappa shape index (κ1) is 25.1. The van der Waals surface area contributed by atoms with Gasteiger partial charge in [-0.3, -0.25) is 4.90 Å². The fourth-order valence-electron chi connectivity index (χ4n) is 4.79. The minimum absolute atomic E-state index is 0.301. The molecule has 0 amide bonds. The maximum absolute atomic E-state index is 10.3. The van der Waals surface area contributed by atoms with Crippen LogP contribution >= 0.6 is 0 Å². The summed E-state index contributed by atoms with van der Waals surface area (Å²) < 4.78 is 0. The predicted octanol–water partition coefficient (Wildman–Crippen LogP) is 5.11. The Morgan fingerprint density at radius 1 is 1.00 bits per heavy atom. The zero-order valence-corrected chi connectivity index (χ0v) is 21.4. The van der Waals surface area contributed by atoms with Crippen LogP contribution in [-0.4, -0.2) is 58.8 Å². The van der Waals surface area contributed by atoms with Crippen molar-refractivity contribution < 1.29 is 5.11 Å². The molecule has 1 unspecified atom stereocenters. The van der Waals surface area contributed by atoms with Gasteiger partial charge in [0, 0.05) is 56.0 Å². The molecule has 1 N–H and O–H groups in total. The highest BCUT2D eigenvalue weighted by Crippen LogP contribution is 2.29. The summed E-state index contributed by atoms with van der Waals surface area (Å²) >= 11 is 0. The molecule has 0 bridgehead atoms. The van der Waals surface area contributed by atoms with E-state index >= 15 is 0 Å². The molecule has 4 rings (SSSR count). The number of aryl methyl sites for hydroxylation is 3. The van der Waals surface area contributed by atoms with Gasteiger partial charge in [-0.1, -0.05) is 60.2 Å². The number of hydrogen-bond acceptors (Lipinski definition) is 5. The summed E-state index contributed by atoms with van der Waals surface area (Å²) in [7, 11) is 0. The molecular weight excluding hydrogens is 432 g/mol. The first-order chi connectivity index (χ1) is 16.9. The molecule has 0 saturated carbocycles. The van der Waals surface area contributed by atoms with Gasteiger partial charge in [-0.25, -0.2) is 9.97 Å². The van der Waals surface area contributed by atoms with Gasteiger partial charge in [0.05, 0.1) is 6.10 Å². The van der Waals surface area contributed by atoms with Crippen LogP contribution in [0.3, 0.4) is 0 Å². The molecule has 0 spiro atoms. The Morgan fingerprint density at radius 2 is 1.74 bits per heavy atom. The van der Waals surface area contributed by atoms with Crippen molar-refractivity contribution >= 4 is 5.82 Å². The molecule has 3 aromatic rings. The van der Waals surface area contributed by atoms with E-state index in [9.17, 15) is 5.11 Å². The van der Waals surface area contributed by atoms with Gasteiger partial charge in [0.15, 0.2) is 5.82 Å². The van der Waals surface area contributed by atoms with Gasteiger partial charge < -0.3 is 10.0 Å². The molecular formula is C30H38N4O. The monoisotopic (exact) mass is 470 g/mol. The number of aliphatic hydroxyl groups is 1. The average molecular weight is 471 g/mol. The molecule has 5 nitrogen and oxygen atoms in total. The van der Waals surface area contributed by atoms with Gasteiger partial charge in [0.2, 0.25) is 0 Å². The normalized spacial score (nSPS) is 15.3. The summed E-state index contributed by atoms with van der Waals surface area (Å²) in [6, 6.07) is 16.9. The summed E-state index contributed by atoms with van der Waals surface area (Å²) in [6.07, 6.45) is 4.02. The van der Waals surface area contributed by atoms with E-state index in [1.807, 2.05) is 24.3 Å². The van der Waals surface area contributed by atoms with Gasteiger partial charge in [-0.15, -0.1) is 6.58 Å². The van der Waals surface area contributed by atoms with Crippen LogP contribution in [0.1, 0.15) is 40.8 Å². The number of hydrogen-bond donors (Lipinski definition) is 1. The first-order valence-corrected chi connectivity index (χ1v) is 12.7. The third kappa shape index (κ3) is 6.36. The molecule has 2 heterocycles. The number of rotatable bonds is 9. The Labute approximate surface area is 210 Å². The summed E-state index contributed by atoms with van der Waals surface area (Å²) in [5.41, 5.74) is 7.19. The van der Waals surface area contributed by atoms with Crippen LogP contribution in [0.2, 0.25) is 0 Å². The van der Waals surface area contributed by atoms with Crippen LogP contribution in [0.25, 0.3) is 11.4 Å². The Bertz CT molecular complexity index is 1140. The summed E-state index contributed by atoms with van der Waals surface area (Å²) in [5.74, 6) is 1.83. The van der Waals surface area contributed by atoms with Crippen molar-refractivity contribution in [3.8, 4) is 11.4 Å². The average Bonchev–Trinajstić information content (AvgIpc) is 2.87. The molecule has 2 aromatic carbocycles. The third-order valence-electron chi connectivity index (χ3n) is 6.94. The van der Waals surface area contributed by atoms with E-state index in [1.54, 1.807) is 0 Å². The molecule has 35 heavy (non-hydrogen) atoms. The Balaban J connectivity index is 1.61. The highest BCUT2D eigenvalue weighted by molar-refractivity contribution is 5.61. The van der Waals surface area contributed by atoms with Crippen molar-refractivity contribution in [1.29, 1.82) is 0 Å². The molecule has 1 fully saturated rings. The van der Waals surface area contributed by atoms with Gasteiger partial charge in [0.1, 0.15) is 5.82 Å². The smallest absolute Gasteiger partial charge is 0.161 e. The largest absolute Gasteiger partial charge is 0.392 e. The molecule has 184 valence electrons. The van der Waals surface area contributed by atoms with E-state index in [-0.39, 0.29) is 6.10 Å². The highest BCUT2D eigenvalue weighted by Gasteiger charge is 2.24. The lowest BCUT2D eigenvalue weighted by Crippen LogP contribution is -2.49. The maximum atomic E-state index is 10.3. The number of piperazine rings is 1.